The third-order valence-corrected chi connectivity index (χ3v) is 4.06. The van der Waals surface area contributed by atoms with E-state index in [2.05, 4.69) is 5.10 Å². The van der Waals surface area contributed by atoms with Gasteiger partial charge in [-0.1, -0.05) is 23.7 Å². The molecule has 0 saturated carbocycles. The number of alkyl halides is 2. The van der Waals surface area contributed by atoms with Gasteiger partial charge in [0.25, 0.3) is 12.3 Å². The minimum absolute atomic E-state index is 0.00319. The first-order chi connectivity index (χ1) is 11.9. The van der Waals surface area contributed by atoms with Gasteiger partial charge in [-0.2, -0.15) is 5.10 Å². The van der Waals surface area contributed by atoms with E-state index in [-0.39, 0.29) is 22.8 Å². The molecule has 1 amide bonds. The lowest BCUT2D eigenvalue weighted by Gasteiger charge is -2.07. The zero-order valence-corrected chi connectivity index (χ0v) is 13.4. The Kier molecular flexibility index (Phi) is 4.65. The molecule has 0 fully saturated rings. The van der Waals surface area contributed by atoms with Crippen LogP contribution in [-0.2, 0) is 6.54 Å². The van der Waals surface area contributed by atoms with Gasteiger partial charge in [-0.3, -0.25) is 14.9 Å². The molecule has 1 aromatic heterocycles. The summed E-state index contributed by atoms with van der Waals surface area (Å²) in [4.78, 5) is 11.9. The number of carbonyl (C=O) groups excluding carboxylic acids is 1. The average Bonchev–Trinajstić information content (AvgIpc) is 2.94. The number of benzene rings is 2. The Labute approximate surface area is 145 Å². The van der Waals surface area contributed by atoms with E-state index in [1.165, 1.54) is 35.0 Å². The van der Waals surface area contributed by atoms with Crippen molar-refractivity contribution in [1.29, 1.82) is 0 Å². The summed E-state index contributed by atoms with van der Waals surface area (Å²) in [5.41, 5.74) is 2.59. The normalized spacial score (nSPS) is 11.3. The number of nitrogens with zero attached hydrogens (tertiary/aromatic N) is 2. The minimum Gasteiger partial charge on any atom is -0.289 e. The molecule has 0 aliphatic rings. The number of hydrogen-bond acceptors (Lipinski definition) is 3. The summed E-state index contributed by atoms with van der Waals surface area (Å²) < 4.78 is 40.5. The number of rotatable bonds is 4. The first kappa shape index (κ1) is 17.2. The van der Waals surface area contributed by atoms with Crippen LogP contribution in [0.3, 0.4) is 0 Å². The number of nitrogens with one attached hydrogen (secondary N) is 1. The van der Waals surface area contributed by atoms with Gasteiger partial charge in [0.2, 0.25) is 0 Å². The number of nitrogens with two attached hydrogens (primary N) is 1. The van der Waals surface area contributed by atoms with Crippen molar-refractivity contribution in [2.45, 2.75) is 13.0 Å². The Morgan fingerprint density at radius 3 is 2.68 bits per heavy atom. The van der Waals surface area contributed by atoms with Crippen molar-refractivity contribution in [2.24, 2.45) is 5.84 Å². The van der Waals surface area contributed by atoms with Crippen LogP contribution in [0.15, 0.2) is 36.4 Å². The first-order valence-electron chi connectivity index (χ1n) is 7.14. The number of carbonyl (C=O) groups is 1. The second-order valence-electron chi connectivity index (χ2n) is 5.29. The SMILES string of the molecule is NNC(=O)c1nn(Cc2ccc(F)cc2Cl)c2cc(C(F)F)ccc12. The molecule has 0 bridgehead atoms. The van der Waals surface area contributed by atoms with Crippen molar-refractivity contribution in [1.82, 2.24) is 15.2 Å². The smallest absolute Gasteiger partial charge is 0.286 e. The van der Waals surface area contributed by atoms with E-state index in [4.69, 9.17) is 17.4 Å². The lowest BCUT2D eigenvalue weighted by atomic mass is 10.1. The van der Waals surface area contributed by atoms with Gasteiger partial charge in [-0.15, -0.1) is 0 Å². The predicted octanol–water partition coefficient (Wildman–Crippen LogP) is 3.42. The van der Waals surface area contributed by atoms with Gasteiger partial charge in [0.15, 0.2) is 5.69 Å². The number of hydrazine groups is 1. The summed E-state index contributed by atoms with van der Waals surface area (Å²) in [6, 6.07) is 7.68. The summed E-state index contributed by atoms with van der Waals surface area (Å²) >= 11 is 6.01. The molecule has 0 atom stereocenters. The van der Waals surface area contributed by atoms with Crippen LogP contribution in [0.1, 0.15) is 28.0 Å². The van der Waals surface area contributed by atoms with E-state index in [1.807, 2.05) is 5.43 Å². The Morgan fingerprint density at radius 1 is 1.28 bits per heavy atom. The standard InChI is InChI=1S/C16H12ClF3N4O/c17-12-6-10(18)3-1-9(12)7-24-13-5-8(15(19)20)2-4-11(13)14(23-24)16(25)22-21/h1-6,15H,7,21H2,(H,22,25). The van der Waals surface area contributed by atoms with Crippen LogP contribution in [-0.4, -0.2) is 15.7 Å². The number of amides is 1. The Balaban J connectivity index is 2.15. The van der Waals surface area contributed by atoms with Crippen LogP contribution in [0, 0.1) is 5.82 Å². The van der Waals surface area contributed by atoms with E-state index < -0.39 is 18.1 Å². The van der Waals surface area contributed by atoms with Crippen LogP contribution in [0.2, 0.25) is 5.02 Å². The third kappa shape index (κ3) is 3.31. The largest absolute Gasteiger partial charge is 0.289 e. The fourth-order valence-corrected chi connectivity index (χ4v) is 2.72. The maximum atomic E-state index is 13.2. The van der Waals surface area contributed by atoms with Crippen LogP contribution in [0.5, 0.6) is 0 Å². The number of nitrogen functional groups attached to an aromatic ring is 1. The molecule has 2 aromatic carbocycles. The molecule has 0 aliphatic carbocycles. The summed E-state index contributed by atoms with van der Waals surface area (Å²) in [5.74, 6) is 3.99. The third-order valence-electron chi connectivity index (χ3n) is 3.71. The predicted molar refractivity (Wildman–Crippen MR) is 86.9 cm³/mol. The van der Waals surface area contributed by atoms with Gasteiger partial charge < -0.3 is 0 Å². The topological polar surface area (TPSA) is 72.9 Å². The van der Waals surface area contributed by atoms with Crippen LogP contribution in [0.4, 0.5) is 13.2 Å². The fourth-order valence-electron chi connectivity index (χ4n) is 2.49. The molecule has 0 saturated heterocycles. The Bertz CT molecular complexity index is 958. The van der Waals surface area contributed by atoms with Gasteiger partial charge in [0, 0.05) is 16.0 Å². The highest BCUT2D eigenvalue weighted by Gasteiger charge is 2.19. The van der Waals surface area contributed by atoms with Crippen LogP contribution < -0.4 is 11.3 Å². The van der Waals surface area contributed by atoms with Crippen molar-refractivity contribution in [2.75, 3.05) is 0 Å². The molecule has 3 rings (SSSR count). The summed E-state index contributed by atoms with van der Waals surface area (Å²) in [6.45, 7) is 0.0696. The second-order valence-corrected chi connectivity index (χ2v) is 5.70. The van der Waals surface area contributed by atoms with Gasteiger partial charge >= 0.3 is 0 Å². The lowest BCUT2D eigenvalue weighted by Crippen LogP contribution is -2.30. The zero-order valence-electron chi connectivity index (χ0n) is 12.6. The molecular weight excluding hydrogens is 357 g/mol. The highest BCUT2D eigenvalue weighted by atomic mass is 35.5. The molecular formula is C16H12ClF3N4O. The van der Waals surface area contributed by atoms with Gasteiger partial charge in [0.05, 0.1) is 12.1 Å². The second kappa shape index (κ2) is 6.73. The van der Waals surface area contributed by atoms with Gasteiger partial charge in [-0.25, -0.2) is 19.0 Å². The quantitative estimate of drug-likeness (QED) is 0.421. The van der Waals surface area contributed by atoms with Crippen molar-refractivity contribution in [3.05, 3.63) is 64.1 Å². The summed E-state index contributed by atoms with van der Waals surface area (Å²) in [7, 11) is 0. The number of fused-ring (bicyclic) bond motifs is 1. The van der Waals surface area contributed by atoms with Gasteiger partial charge in [-0.05, 0) is 29.8 Å². The molecule has 0 aliphatic heterocycles. The van der Waals surface area contributed by atoms with Crippen molar-refractivity contribution < 1.29 is 18.0 Å². The highest BCUT2D eigenvalue weighted by Crippen LogP contribution is 2.27. The number of aromatic nitrogens is 2. The van der Waals surface area contributed by atoms with E-state index in [0.29, 0.717) is 16.5 Å². The fraction of sp³-hybridized carbons (Fsp3) is 0.125. The molecule has 0 radical (unpaired) electrons. The molecule has 130 valence electrons. The number of hydrogen-bond donors (Lipinski definition) is 2. The lowest BCUT2D eigenvalue weighted by molar-refractivity contribution is 0.0949. The molecule has 0 spiro atoms. The summed E-state index contributed by atoms with van der Waals surface area (Å²) in [6.07, 6.45) is -2.67. The molecule has 5 nitrogen and oxygen atoms in total. The number of halogens is 4. The molecule has 3 aromatic rings. The van der Waals surface area contributed by atoms with Crippen molar-refractivity contribution >= 4 is 28.4 Å². The molecule has 9 heteroatoms. The molecule has 3 N–H and O–H groups in total. The average molecular weight is 369 g/mol. The maximum Gasteiger partial charge on any atom is 0.286 e. The Hall–Kier alpha value is -2.58. The van der Waals surface area contributed by atoms with Crippen molar-refractivity contribution in [3.8, 4) is 0 Å². The van der Waals surface area contributed by atoms with Crippen LogP contribution >= 0.6 is 11.6 Å². The minimum atomic E-state index is -2.67. The molecule has 0 unspecified atom stereocenters. The van der Waals surface area contributed by atoms with Crippen molar-refractivity contribution in [3.63, 3.8) is 0 Å². The first-order valence-corrected chi connectivity index (χ1v) is 7.52. The molecule has 25 heavy (non-hydrogen) atoms. The summed E-state index contributed by atoms with van der Waals surface area (Å²) in [5, 5.41) is 4.68. The monoisotopic (exact) mass is 368 g/mol. The van der Waals surface area contributed by atoms with Crippen LogP contribution in [0.25, 0.3) is 10.9 Å². The maximum absolute atomic E-state index is 13.2. The zero-order chi connectivity index (χ0) is 18.1. The van der Waals surface area contributed by atoms with E-state index >= 15 is 0 Å². The highest BCUT2D eigenvalue weighted by molar-refractivity contribution is 6.31. The van der Waals surface area contributed by atoms with Gasteiger partial charge in [0.1, 0.15) is 5.82 Å². The molecule has 1 heterocycles. The van der Waals surface area contributed by atoms with E-state index in [0.717, 1.165) is 6.07 Å². The Morgan fingerprint density at radius 2 is 2.04 bits per heavy atom. The van der Waals surface area contributed by atoms with E-state index in [1.54, 1.807) is 0 Å². The van der Waals surface area contributed by atoms with E-state index in [9.17, 15) is 18.0 Å².